The van der Waals surface area contributed by atoms with Crippen molar-refractivity contribution in [3.8, 4) is 11.8 Å². The molecular weight excluding hydrogens is 571 g/mol. The van der Waals surface area contributed by atoms with E-state index in [1.54, 1.807) is 73.9 Å². The number of aryl methyl sites for hydroxylation is 1. The Morgan fingerprint density at radius 1 is 1.05 bits per heavy atom. The Labute approximate surface area is 248 Å². The highest BCUT2D eigenvalue weighted by molar-refractivity contribution is 6.35. The Hall–Kier alpha value is -6.09. The minimum atomic E-state index is -4.65. The van der Waals surface area contributed by atoms with Crippen molar-refractivity contribution in [3.05, 3.63) is 119 Å². The van der Waals surface area contributed by atoms with Crippen molar-refractivity contribution >= 4 is 46.2 Å². The van der Waals surface area contributed by atoms with E-state index < -0.39 is 17.6 Å². The molecule has 3 aromatic carbocycles. The van der Waals surface area contributed by atoms with Gasteiger partial charge in [0.25, 0.3) is 11.8 Å². The van der Waals surface area contributed by atoms with E-state index in [9.17, 15) is 22.8 Å². The van der Waals surface area contributed by atoms with E-state index in [0.29, 0.717) is 50.8 Å². The summed E-state index contributed by atoms with van der Waals surface area (Å²) >= 11 is 0. The van der Waals surface area contributed by atoms with Crippen molar-refractivity contribution in [2.45, 2.75) is 13.1 Å². The van der Waals surface area contributed by atoms with Crippen LogP contribution in [0.4, 0.5) is 35.9 Å². The van der Waals surface area contributed by atoms with Crippen molar-refractivity contribution in [2.75, 3.05) is 16.0 Å². The smallest absolute Gasteiger partial charge is 0.360 e. The van der Waals surface area contributed by atoms with Crippen LogP contribution in [0.2, 0.25) is 0 Å². The molecule has 1 aliphatic rings. The molecule has 0 bridgehead atoms. The van der Waals surface area contributed by atoms with E-state index >= 15 is 0 Å². The summed E-state index contributed by atoms with van der Waals surface area (Å²) in [4.78, 5) is 32.8. The fraction of sp³-hybridized carbons (Fsp3) is 0.0625. The first kappa shape index (κ1) is 28.0. The molecule has 218 valence electrons. The molecule has 4 N–H and O–H groups in total. The third-order valence-electron chi connectivity index (χ3n) is 6.86. The van der Waals surface area contributed by atoms with E-state index in [-0.39, 0.29) is 17.2 Å². The third kappa shape index (κ3) is 5.79. The maximum Gasteiger partial charge on any atom is 0.416 e. The van der Waals surface area contributed by atoms with E-state index in [4.69, 9.17) is 5.26 Å². The van der Waals surface area contributed by atoms with Crippen LogP contribution in [0.25, 0.3) is 17.3 Å². The number of carbonyl (C=O) groups excluding carboxylic acids is 2. The van der Waals surface area contributed by atoms with Crippen molar-refractivity contribution in [3.63, 3.8) is 0 Å². The number of aromatic amines is 1. The number of H-pyrrole nitrogens is 1. The number of rotatable bonds is 6. The number of nitrogens with zero attached hydrogens (tertiary/aromatic N) is 3. The number of nitrogens with one attached hydrogen (secondary N) is 4. The van der Waals surface area contributed by atoms with Crippen LogP contribution in [-0.4, -0.2) is 26.3 Å². The topological polar surface area (TPSA) is 128 Å². The number of carbonyl (C=O) groups is 2. The summed E-state index contributed by atoms with van der Waals surface area (Å²) in [6.07, 6.45) is 1.53. The number of halogens is 3. The van der Waals surface area contributed by atoms with Gasteiger partial charge in [-0.2, -0.15) is 18.4 Å². The maximum absolute atomic E-state index is 13.7. The number of fused-ring (bicyclic) bond motifs is 1. The van der Waals surface area contributed by atoms with E-state index in [2.05, 4.69) is 25.9 Å². The first-order chi connectivity index (χ1) is 21.1. The zero-order valence-corrected chi connectivity index (χ0v) is 23.0. The highest BCUT2D eigenvalue weighted by atomic mass is 19.4. The summed E-state index contributed by atoms with van der Waals surface area (Å²) in [7, 11) is 0. The normalized spacial score (nSPS) is 13.3. The Kier molecular flexibility index (Phi) is 6.98. The minimum Gasteiger partial charge on any atom is -0.360 e. The molecule has 44 heavy (non-hydrogen) atoms. The molecular formula is C32H22F3N7O2. The number of alkyl halides is 3. The van der Waals surface area contributed by atoms with Crippen LogP contribution in [0.3, 0.4) is 0 Å². The summed E-state index contributed by atoms with van der Waals surface area (Å²) < 4.78 is 42.4. The zero-order chi connectivity index (χ0) is 31.0. The number of amides is 2. The molecule has 5 aromatic rings. The van der Waals surface area contributed by atoms with E-state index in [1.807, 2.05) is 6.07 Å². The molecule has 0 radical (unpaired) electrons. The summed E-state index contributed by atoms with van der Waals surface area (Å²) in [5, 5.41) is 17.8. The molecule has 2 aromatic heterocycles. The lowest BCUT2D eigenvalue weighted by molar-refractivity contribution is -0.137. The van der Waals surface area contributed by atoms with Gasteiger partial charge in [0.05, 0.1) is 34.4 Å². The molecule has 6 rings (SSSR count). The van der Waals surface area contributed by atoms with Crippen LogP contribution >= 0.6 is 0 Å². The molecule has 0 spiro atoms. The summed E-state index contributed by atoms with van der Waals surface area (Å²) in [5.41, 5.74) is 4.08. The van der Waals surface area contributed by atoms with Crippen LogP contribution < -0.4 is 16.0 Å². The molecule has 0 saturated heterocycles. The average molecular weight is 594 g/mol. The summed E-state index contributed by atoms with van der Waals surface area (Å²) in [6, 6.07) is 18.9. The second kappa shape index (κ2) is 11.0. The predicted octanol–water partition coefficient (Wildman–Crippen LogP) is 6.89. The number of hydrogen-bond acceptors (Lipinski definition) is 5. The molecule has 2 amide bonds. The van der Waals surface area contributed by atoms with Gasteiger partial charge in [-0.15, -0.1) is 0 Å². The van der Waals surface area contributed by atoms with Gasteiger partial charge < -0.3 is 25.5 Å². The van der Waals surface area contributed by atoms with Gasteiger partial charge in [0.2, 0.25) is 0 Å². The van der Waals surface area contributed by atoms with Gasteiger partial charge in [0.1, 0.15) is 6.07 Å². The molecule has 12 heteroatoms. The molecule has 0 saturated carbocycles. The summed E-state index contributed by atoms with van der Waals surface area (Å²) in [5.74, 6) is -0.995. The number of aromatic nitrogens is 3. The van der Waals surface area contributed by atoms with Gasteiger partial charge in [-0.05, 0) is 67.6 Å². The Morgan fingerprint density at radius 3 is 2.57 bits per heavy atom. The van der Waals surface area contributed by atoms with Gasteiger partial charge >= 0.3 is 6.18 Å². The number of nitriles is 1. The molecule has 0 unspecified atom stereocenters. The Bertz CT molecular complexity index is 2010. The lowest BCUT2D eigenvalue weighted by Gasteiger charge is -2.14. The molecule has 3 heterocycles. The average Bonchev–Trinajstić information content (AvgIpc) is 3.71. The maximum atomic E-state index is 13.7. The Balaban J connectivity index is 1.21. The second-order valence-corrected chi connectivity index (χ2v) is 10.1. The summed E-state index contributed by atoms with van der Waals surface area (Å²) in [6.45, 7) is 1.71. The van der Waals surface area contributed by atoms with Gasteiger partial charge in [-0.25, -0.2) is 4.98 Å². The lowest BCUT2D eigenvalue weighted by Crippen LogP contribution is -2.15. The van der Waals surface area contributed by atoms with E-state index in [1.165, 1.54) is 17.0 Å². The van der Waals surface area contributed by atoms with Crippen LogP contribution in [0, 0.1) is 18.3 Å². The van der Waals surface area contributed by atoms with E-state index in [0.717, 1.165) is 12.1 Å². The van der Waals surface area contributed by atoms with Gasteiger partial charge in [0.15, 0.2) is 0 Å². The molecule has 0 atom stereocenters. The van der Waals surface area contributed by atoms with Crippen molar-refractivity contribution < 1.29 is 22.8 Å². The third-order valence-corrected chi connectivity index (χ3v) is 6.86. The second-order valence-electron chi connectivity index (χ2n) is 10.1. The van der Waals surface area contributed by atoms with Crippen LogP contribution in [-0.2, 0) is 11.0 Å². The van der Waals surface area contributed by atoms with Crippen molar-refractivity contribution in [2.24, 2.45) is 0 Å². The first-order valence-electron chi connectivity index (χ1n) is 13.2. The highest BCUT2D eigenvalue weighted by Crippen LogP contribution is 2.36. The number of hydrogen-bond donors (Lipinski definition) is 4. The quantitative estimate of drug-likeness (QED) is 0.160. The molecule has 1 aliphatic heterocycles. The molecule has 0 aliphatic carbocycles. The lowest BCUT2D eigenvalue weighted by atomic mass is 10.1. The van der Waals surface area contributed by atoms with Gasteiger partial charge in [-0.1, -0.05) is 12.1 Å². The fourth-order valence-electron chi connectivity index (χ4n) is 4.79. The van der Waals surface area contributed by atoms with Crippen LogP contribution in [0.15, 0.2) is 85.5 Å². The standard InChI is InChI=1S/C32H22F3N7O2/c1-18-16-42(17-38-18)26-9-20(8-21(10-26)32(33,34)35)30(43)40-23-4-2-3-22(11-23)39-24-5-6-27-28(31(44)41-29(27)13-24)12-25-7-19(14-36)15-37-25/h2-13,15-17,37,39H,1H3,(H,40,43)(H,41,44)/b28-12-. The van der Waals surface area contributed by atoms with Crippen molar-refractivity contribution in [1.82, 2.24) is 14.5 Å². The minimum absolute atomic E-state index is 0.155. The molecule has 9 nitrogen and oxygen atoms in total. The number of imidazole rings is 1. The zero-order valence-electron chi connectivity index (χ0n) is 23.0. The SMILES string of the molecule is Cc1cn(-c2cc(C(=O)Nc3cccc(Nc4ccc5c(c4)NC(=O)/C5=C\c4cc(C#N)c[nH]4)c3)cc(C(F)(F)F)c2)cn1. The van der Waals surface area contributed by atoms with Crippen LogP contribution in [0.1, 0.15) is 38.4 Å². The van der Waals surface area contributed by atoms with Crippen LogP contribution in [0.5, 0.6) is 0 Å². The highest BCUT2D eigenvalue weighted by Gasteiger charge is 2.32. The largest absolute Gasteiger partial charge is 0.416 e. The monoisotopic (exact) mass is 593 g/mol. The fourth-order valence-corrected chi connectivity index (χ4v) is 4.79. The number of anilines is 4. The first-order valence-corrected chi connectivity index (χ1v) is 13.2. The van der Waals surface area contributed by atoms with Crippen molar-refractivity contribution in [1.29, 1.82) is 5.26 Å². The predicted molar refractivity (Wildman–Crippen MR) is 159 cm³/mol. The van der Waals surface area contributed by atoms with Gasteiger partial charge in [0, 0.05) is 52.0 Å². The number of benzene rings is 3. The molecule has 0 fully saturated rings. The Morgan fingerprint density at radius 2 is 1.84 bits per heavy atom. The van der Waals surface area contributed by atoms with Gasteiger partial charge in [-0.3, -0.25) is 9.59 Å².